The van der Waals surface area contributed by atoms with Crippen LogP contribution in [0.1, 0.15) is 0 Å². The molecule has 0 saturated heterocycles. The Bertz CT molecular complexity index is 88.9. The summed E-state index contributed by atoms with van der Waals surface area (Å²) in [5.41, 5.74) is 0. The van der Waals surface area contributed by atoms with Crippen molar-refractivity contribution in [3.8, 4) is 0 Å². The summed E-state index contributed by atoms with van der Waals surface area (Å²) in [5, 5.41) is 0. The van der Waals surface area contributed by atoms with Crippen LogP contribution in [0.4, 0.5) is 0 Å². The van der Waals surface area contributed by atoms with E-state index in [1.54, 1.807) is 12.4 Å². The van der Waals surface area contributed by atoms with Gasteiger partial charge in [-0.2, -0.15) is 4.55 Å². The van der Waals surface area contributed by atoms with Crippen molar-refractivity contribution in [2.24, 2.45) is 0 Å². The van der Waals surface area contributed by atoms with Crippen LogP contribution >= 0.6 is 12.9 Å². The molecule has 1 aromatic rings. The first-order chi connectivity index (χ1) is 4.00. The summed E-state index contributed by atoms with van der Waals surface area (Å²) in [6.07, 6.45) is 3.50. The predicted octanol–water partition coefficient (Wildman–Crippen LogP) is 0.159. The van der Waals surface area contributed by atoms with E-state index in [2.05, 4.69) is 17.9 Å². The minimum absolute atomic E-state index is 0. The van der Waals surface area contributed by atoms with Crippen LogP contribution in [0.3, 0.4) is 0 Å². The Labute approximate surface area is 70.7 Å². The molecule has 0 unspecified atom stereocenters. The van der Waals surface area contributed by atoms with Gasteiger partial charge in [-0.3, -0.25) is 4.98 Å². The average molecular weight is 158 g/mol. The first kappa shape index (κ1) is 11.7. The van der Waals surface area contributed by atoms with Gasteiger partial charge in [0.15, 0.2) is 17.4 Å². The first-order valence-electron chi connectivity index (χ1n) is 2.03. The molecule has 49 valence electrons. The number of thiol groups is 1. The molecule has 0 aromatic carbocycles. The summed E-state index contributed by atoms with van der Waals surface area (Å²) >= 11 is 2.28. The Kier molecular flexibility index (Phi) is 14.2. The molecule has 0 aliphatic carbocycles. The molecule has 0 saturated carbocycles. The maximum absolute atomic E-state index is 7.94. The van der Waals surface area contributed by atoms with Gasteiger partial charge < -0.3 is 0 Å². The highest BCUT2D eigenvalue weighted by molar-refractivity contribution is 7.73. The van der Waals surface area contributed by atoms with Crippen LogP contribution in [0.25, 0.3) is 0 Å². The summed E-state index contributed by atoms with van der Waals surface area (Å²) in [7, 11) is 0. The Morgan fingerprint density at radius 3 is 1.56 bits per heavy atom. The highest BCUT2D eigenvalue weighted by Gasteiger charge is 1.58. The molecular weight excluding hydrogens is 149 g/mol. The van der Waals surface area contributed by atoms with Crippen molar-refractivity contribution in [1.29, 1.82) is 0 Å². The van der Waals surface area contributed by atoms with Crippen molar-refractivity contribution >= 4 is 30.3 Å². The predicted molar refractivity (Wildman–Crippen MR) is 43.8 cm³/mol. The average Bonchev–Trinajstić information content (AvgIpc) is 1.96. The van der Waals surface area contributed by atoms with Crippen molar-refractivity contribution in [3.05, 3.63) is 30.6 Å². The third-order valence-electron chi connectivity index (χ3n) is 0.566. The lowest BCUT2D eigenvalue weighted by Crippen LogP contribution is -1.58. The fourth-order valence-corrected chi connectivity index (χ4v) is 0.313. The zero-order valence-electron chi connectivity index (χ0n) is 4.19. The highest BCUT2D eigenvalue weighted by atomic mass is 32.1. The van der Waals surface area contributed by atoms with Gasteiger partial charge in [0, 0.05) is 25.3 Å². The van der Waals surface area contributed by atoms with Gasteiger partial charge in [0.05, 0.1) is 0 Å². The molecule has 0 N–H and O–H groups in total. The lowest BCUT2D eigenvalue weighted by Gasteiger charge is -1.70. The summed E-state index contributed by atoms with van der Waals surface area (Å²) in [4.78, 5) is 3.78. The Morgan fingerprint density at radius 2 is 1.44 bits per heavy atom. The van der Waals surface area contributed by atoms with Crippen molar-refractivity contribution in [1.82, 2.24) is 4.98 Å². The molecule has 0 fully saturated rings. The van der Waals surface area contributed by atoms with Crippen molar-refractivity contribution in [2.45, 2.75) is 0 Å². The van der Waals surface area contributed by atoms with E-state index in [1.165, 1.54) is 0 Å². The lowest BCUT2D eigenvalue weighted by molar-refractivity contribution is 0.545. The van der Waals surface area contributed by atoms with E-state index in [9.17, 15) is 0 Å². The number of hydrogen-bond acceptors (Lipinski definition) is 2. The molecule has 0 spiro atoms. The van der Waals surface area contributed by atoms with Crippen molar-refractivity contribution in [2.75, 3.05) is 0 Å². The monoisotopic (exact) mass is 158 g/mol. The second-order valence-corrected chi connectivity index (χ2v) is 1.02. The van der Waals surface area contributed by atoms with E-state index in [1.807, 2.05) is 18.2 Å². The molecule has 0 aliphatic rings. The number of rotatable bonds is 0. The molecular formula is C5H9AlNOS. The molecule has 1 radical (unpaired) electrons. The molecule has 0 atom stereocenters. The fourth-order valence-electron chi connectivity index (χ4n) is 0.313. The van der Waals surface area contributed by atoms with E-state index < -0.39 is 0 Å². The molecule has 9 heavy (non-hydrogen) atoms. The van der Waals surface area contributed by atoms with Crippen molar-refractivity contribution < 1.29 is 4.55 Å². The fraction of sp³-hybridized carbons (Fsp3) is 0. The molecule has 4 heteroatoms. The molecule has 0 aliphatic heterocycles. The van der Waals surface area contributed by atoms with Crippen LogP contribution < -0.4 is 0 Å². The zero-order chi connectivity index (χ0) is 6.24. The zero-order valence-corrected chi connectivity index (χ0v) is 5.08. The van der Waals surface area contributed by atoms with Crippen LogP contribution in [0.15, 0.2) is 30.6 Å². The van der Waals surface area contributed by atoms with Crippen LogP contribution in [0.5, 0.6) is 0 Å². The molecule has 1 aromatic heterocycles. The van der Waals surface area contributed by atoms with Gasteiger partial charge in [0.25, 0.3) is 0 Å². The second-order valence-electron chi connectivity index (χ2n) is 1.02. The Balaban J connectivity index is 0. The van der Waals surface area contributed by atoms with E-state index in [0.717, 1.165) is 0 Å². The van der Waals surface area contributed by atoms with Crippen LogP contribution in [0.2, 0.25) is 0 Å². The number of nitrogens with zero attached hydrogens (tertiary/aromatic N) is 1. The van der Waals surface area contributed by atoms with E-state index in [4.69, 9.17) is 4.55 Å². The second kappa shape index (κ2) is 10.9. The minimum atomic E-state index is 0. The van der Waals surface area contributed by atoms with Gasteiger partial charge in [0.1, 0.15) is 0 Å². The Hall–Kier alpha value is -0.00753. The van der Waals surface area contributed by atoms with Crippen molar-refractivity contribution in [3.63, 3.8) is 0 Å². The summed E-state index contributed by atoms with van der Waals surface area (Å²) in [6, 6.07) is 5.72. The number of pyridine rings is 1. The minimum Gasteiger partial charge on any atom is -0.265 e. The van der Waals surface area contributed by atoms with E-state index in [0.29, 0.717) is 0 Å². The van der Waals surface area contributed by atoms with Crippen LogP contribution in [-0.4, -0.2) is 22.3 Å². The normalized spacial score (nSPS) is 6.00. The summed E-state index contributed by atoms with van der Waals surface area (Å²) in [5.74, 6) is 0. The molecule has 1 heterocycles. The Morgan fingerprint density at radius 1 is 1.00 bits per heavy atom. The summed E-state index contributed by atoms with van der Waals surface area (Å²) in [6.45, 7) is 0. The smallest absolute Gasteiger partial charge is 0.187 e. The highest BCUT2D eigenvalue weighted by Crippen LogP contribution is 1.73. The van der Waals surface area contributed by atoms with Gasteiger partial charge in [-0.05, 0) is 12.1 Å². The third kappa shape index (κ3) is 7.99. The number of aromatic nitrogens is 1. The van der Waals surface area contributed by atoms with E-state index in [-0.39, 0.29) is 17.4 Å². The maximum Gasteiger partial charge on any atom is 0.187 e. The first-order valence-corrected chi connectivity index (χ1v) is 2.40. The standard InChI is InChI=1S/C5H5N.Al.HOS.3H/c1-2-4-6-5-3-1;;1-2;;;/h1-5H;;2H;;;. The van der Waals surface area contributed by atoms with Gasteiger partial charge in [-0.15, -0.1) is 0 Å². The quantitative estimate of drug-likeness (QED) is 0.325. The topological polar surface area (TPSA) is 32.8 Å². The SMILES string of the molecule is [AlH3].[O]S.c1ccncc1. The largest absolute Gasteiger partial charge is 0.265 e. The van der Waals surface area contributed by atoms with Gasteiger partial charge in [-0.1, -0.05) is 6.07 Å². The molecule has 0 bridgehead atoms. The van der Waals surface area contributed by atoms with Crippen LogP contribution in [-0.2, 0) is 4.55 Å². The number of hydrogen-bond donors (Lipinski definition) is 1. The molecule has 0 amide bonds. The summed E-state index contributed by atoms with van der Waals surface area (Å²) < 4.78 is 7.94. The van der Waals surface area contributed by atoms with Gasteiger partial charge in [-0.25, -0.2) is 0 Å². The van der Waals surface area contributed by atoms with Crippen LogP contribution in [0, 0.1) is 0 Å². The van der Waals surface area contributed by atoms with E-state index >= 15 is 0 Å². The van der Waals surface area contributed by atoms with Gasteiger partial charge in [0.2, 0.25) is 0 Å². The third-order valence-corrected chi connectivity index (χ3v) is 0.566. The molecule has 1 rings (SSSR count). The van der Waals surface area contributed by atoms with Gasteiger partial charge >= 0.3 is 0 Å². The maximum atomic E-state index is 7.94. The molecule has 2 nitrogen and oxygen atoms in total. The lowest BCUT2D eigenvalue weighted by atomic mass is 10.5.